The normalized spacial score (nSPS) is 26.5. The molecule has 1 amide bonds. The Balaban J connectivity index is 2.03. The van der Waals surface area contributed by atoms with Gasteiger partial charge in [0.2, 0.25) is 5.91 Å². The molecule has 1 fully saturated rings. The van der Waals surface area contributed by atoms with E-state index < -0.39 is 0 Å². The molecule has 17 heavy (non-hydrogen) atoms. The van der Waals surface area contributed by atoms with Gasteiger partial charge in [-0.2, -0.15) is 0 Å². The minimum atomic E-state index is -0.118. The average Bonchev–Trinajstić information content (AvgIpc) is 2.28. The zero-order chi connectivity index (χ0) is 12.7. The highest BCUT2D eigenvalue weighted by atomic mass is 16.3. The van der Waals surface area contributed by atoms with Crippen molar-refractivity contribution < 1.29 is 9.90 Å². The molecule has 0 spiro atoms. The third-order valence-corrected chi connectivity index (χ3v) is 3.47. The van der Waals surface area contributed by atoms with E-state index in [1.54, 1.807) is 0 Å². The van der Waals surface area contributed by atoms with Crippen LogP contribution in [0.1, 0.15) is 51.9 Å². The lowest BCUT2D eigenvalue weighted by Gasteiger charge is -2.25. The van der Waals surface area contributed by atoms with Crippen LogP contribution in [0.2, 0.25) is 0 Å². The fourth-order valence-corrected chi connectivity index (χ4v) is 2.28. The van der Waals surface area contributed by atoms with E-state index in [9.17, 15) is 9.90 Å². The Morgan fingerprint density at radius 3 is 2.65 bits per heavy atom. The van der Waals surface area contributed by atoms with Gasteiger partial charge in [0.05, 0.1) is 6.10 Å². The molecule has 0 saturated heterocycles. The molecule has 4 N–H and O–H groups in total. The van der Waals surface area contributed by atoms with Gasteiger partial charge >= 0.3 is 0 Å². The lowest BCUT2D eigenvalue weighted by Crippen LogP contribution is -2.32. The van der Waals surface area contributed by atoms with Crippen molar-refractivity contribution in [3.05, 3.63) is 0 Å². The Morgan fingerprint density at radius 2 is 2.06 bits per heavy atom. The number of nitrogens with two attached hydrogens (primary N) is 1. The van der Waals surface area contributed by atoms with Crippen LogP contribution in [0.4, 0.5) is 0 Å². The van der Waals surface area contributed by atoms with E-state index in [1.165, 1.54) is 0 Å². The van der Waals surface area contributed by atoms with Crippen LogP contribution in [-0.4, -0.2) is 29.7 Å². The molecule has 0 heterocycles. The zero-order valence-corrected chi connectivity index (χ0v) is 10.8. The maximum absolute atomic E-state index is 11.5. The molecule has 0 aromatic carbocycles. The quantitative estimate of drug-likeness (QED) is 0.654. The number of rotatable bonds is 6. The predicted octanol–water partition coefficient (Wildman–Crippen LogP) is 1.17. The van der Waals surface area contributed by atoms with E-state index >= 15 is 0 Å². The largest absolute Gasteiger partial charge is 0.393 e. The summed E-state index contributed by atoms with van der Waals surface area (Å²) in [5.41, 5.74) is 5.63. The minimum absolute atomic E-state index is 0.118. The van der Waals surface area contributed by atoms with Crippen LogP contribution in [0, 0.1) is 5.92 Å². The molecule has 4 nitrogen and oxygen atoms in total. The smallest absolute Gasteiger partial charge is 0.220 e. The second-order valence-corrected chi connectivity index (χ2v) is 5.35. The second kappa shape index (κ2) is 7.67. The summed E-state index contributed by atoms with van der Waals surface area (Å²) in [6.45, 7) is 2.73. The van der Waals surface area contributed by atoms with Crippen molar-refractivity contribution in [2.45, 2.75) is 64.0 Å². The first-order valence-corrected chi connectivity index (χ1v) is 6.78. The van der Waals surface area contributed by atoms with Gasteiger partial charge < -0.3 is 16.2 Å². The van der Waals surface area contributed by atoms with E-state index in [0.29, 0.717) is 12.3 Å². The van der Waals surface area contributed by atoms with Gasteiger partial charge in [0.15, 0.2) is 0 Å². The first-order valence-electron chi connectivity index (χ1n) is 6.78. The number of amides is 1. The topological polar surface area (TPSA) is 75.4 Å². The Labute approximate surface area is 104 Å². The SMILES string of the molecule is CC(N)CCCC(=O)NCC1CCC(O)CC1. The van der Waals surface area contributed by atoms with Crippen LogP contribution < -0.4 is 11.1 Å². The predicted molar refractivity (Wildman–Crippen MR) is 68.5 cm³/mol. The molecule has 4 heteroatoms. The Kier molecular flexibility index (Phi) is 6.52. The molecule has 0 aromatic heterocycles. The molecule has 100 valence electrons. The average molecular weight is 242 g/mol. The van der Waals surface area contributed by atoms with Gasteiger partial charge in [-0.1, -0.05) is 0 Å². The van der Waals surface area contributed by atoms with Gasteiger partial charge in [0.1, 0.15) is 0 Å². The number of nitrogens with one attached hydrogen (secondary N) is 1. The van der Waals surface area contributed by atoms with Crippen LogP contribution in [0.25, 0.3) is 0 Å². The summed E-state index contributed by atoms with van der Waals surface area (Å²) in [6, 6.07) is 0.183. The van der Waals surface area contributed by atoms with E-state index in [0.717, 1.165) is 45.1 Å². The second-order valence-electron chi connectivity index (χ2n) is 5.35. The van der Waals surface area contributed by atoms with Crippen molar-refractivity contribution in [2.75, 3.05) is 6.54 Å². The number of hydrogen-bond acceptors (Lipinski definition) is 3. The van der Waals surface area contributed by atoms with Crippen LogP contribution >= 0.6 is 0 Å². The highest BCUT2D eigenvalue weighted by Crippen LogP contribution is 2.23. The van der Waals surface area contributed by atoms with Gasteiger partial charge in [-0.3, -0.25) is 4.79 Å². The summed E-state index contributed by atoms with van der Waals surface area (Å²) in [4.78, 5) is 11.5. The zero-order valence-electron chi connectivity index (χ0n) is 10.8. The highest BCUT2D eigenvalue weighted by Gasteiger charge is 2.19. The third-order valence-electron chi connectivity index (χ3n) is 3.47. The lowest BCUT2D eigenvalue weighted by atomic mass is 9.87. The van der Waals surface area contributed by atoms with Gasteiger partial charge in [-0.25, -0.2) is 0 Å². The minimum Gasteiger partial charge on any atom is -0.393 e. The Bertz CT molecular complexity index is 223. The molecule has 1 rings (SSSR count). The summed E-state index contributed by atoms with van der Waals surface area (Å²) >= 11 is 0. The van der Waals surface area contributed by atoms with Crippen molar-refractivity contribution >= 4 is 5.91 Å². The van der Waals surface area contributed by atoms with Crippen LogP contribution in [0.5, 0.6) is 0 Å². The van der Waals surface area contributed by atoms with Gasteiger partial charge in [-0.15, -0.1) is 0 Å². The van der Waals surface area contributed by atoms with E-state index in [4.69, 9.17) is 5.73 Å². The maximum Gasteiger partial charge on any atom is 0.220 e. The van der Waals surface area contributed by atoms with Crippen molar-refractivity contribution in [1.82, 2.24) is 5.32 Å². The van der Waals surface area contributed by atoms with Crippen LogP contribution in [0.15, 0.2) is 0 Å². The summed E-state index contributed by atoms with van der Waals surface area (Å²) in [7, 11) is 0. The number of carbonyl (C=O) groups excluding carboxylic acids is 1. The third kappa shape index (κ3) is 6.64. The standard InChI is InChI=1S/C13H26N2O2/c1-10(14)3-2-4-13(17)15-9-11-5-7-12(16)8-6-11/h10-12,16H,2-9,14H2,1H3,(H,15,17). The number of carbonyl (C=O) groups is 1. The van der Waals surface area contributed by atoms with E-state index in [1.807, 2.05) is 6.92 Å². The molecule has 1 saturated carbocycles. The maximum atomic E-state index is 11.5. The molecular formula is C13H26N2O2. The summed E-state index contributed by atoms with van der Waals surface area (Å²) in [5, 5.41) is 12.4. The van der Waals surface area contributed by atoms with Crippen molar-refractivity contribution in [3.63, 3.8) is 0 Å². The first kappa shape index (κ1) is 14.5. The molecule has 1 unspecified atom stereocenters. The molecular weight excluding hydrogens is 216 g/mol. The molecule has 1 atom stereocenters. The van der Waals surface area contributed by atoms with Crippen LogP contribution in [-0.2, 0) is 4.79 Å². The molecule has 1 aliphatic carbocycles. The van der Waals surface area contributed by atoms with Gasteiger partial charge in [0, 0.05) is 19.0 Å². The summed E-state index contributed by atoms with van der Waals surface area (Å²) < 4.78 is 0. The van der Waals surface area contributed by atoms with E-state index in [-0.39, 0.29) is 18.1 Å². The number of aliphatic hydroxyl groups excluding tert-OH is 1. The molecule has 0 bridgehead atoms. The Hall–Kier alpha value is -0.610. The highest BCUT2D eigenvalue weighted by molar-refractivity contribution is 5.75. The van der Waals surface area contributed by atoms with Crippen molar-refractivity contribution in [2.24, 2.45) is 11.7 Å². The van der Waals surface area contributed by atoms with E-state index in [2.05, 4.69) is 5.32 Å². The van der Waals surface area contributed by atoms with Gasteiger partial charge in [-0.05, 0) is 51.4 Å². The lowest BCUT2D eigenvalue weighted by molar-refractivity contribution is -0.121. The number of hydrogen-bond donors (Lipinski definition) is 3. The fourth-order valence-electron chi connectivity index (χ4n) is 2.28. The monoisotopic (exact) mass is 242 g/mol. The molecule has 0 aliphatic heterocycles. The fraction of sp³-hybridized carbons (Fsp3) is 0.923. The molecule has 0 radical (unpaired) electrons. The Morgan fingerprint density at radius 1 is 1.41 bits per heavy atom. The molecule has 0 aromatic rings. The van der Waals surface area contributed by atoms with Crippen molar-refractivity contribution in [3.8, 4) is 0 Å². The van der Waals surface area contributed by atoms with Crippen LogP contribution in [0.3, 0.4) is 0 Å². The van der Waals surface area contributed by atoms with Crippen molar-refractivity contribution in [1.29, 1.82) is 0 Å². The van der Waals surface area contributed by atoms with Gasteiger partial charge in [0.25, 0.3) is 0 Å². The summed E-state index contributed by atoms with van der Waals surface area (Å²) in [6.07, 6.45) is 6.05. The molecule has 1 aliphatic rings. The number of aliphatic hydroxyl groups is 1. The first-order chi connectivity index (χ1) is 8.08. The summed E-state index contributed by atoms with van der Waals surface area (Å²) in [5.74, 6) is 0.688.